The van der Waals surface area contributed by atoms with Gasteiger partial charge in [0.05, 0.1) is 0 Å². The Labute approximate surface area is 140 Å². The van der Waals surface area contributed by atoms with Gasteiger partial charge in [-0.15, -0.1) is 0 Å². The summed E-state index contributed by atoms with van der Waals surface area (Å²) < 4.78 is 12.9. The molecule has 0 aliphatic carbocycles. The highest BCUT2D eigenvalue weighted by atomic mass is 79.9. The van der Waals surface area contributed by atoms with Crippen molar-refractivity contribution in [2.24, 2.45) is 0 Å². The molecule has 2 aromatic carbocycles. The summed E-state index contributed by atoms with van der Waals surface area (Å²) in [4.78, 5) is 0. The van der Waals surface area contributed by atoms with Crippen LogP contribution in [0.3, 0.4) is 0 Å². The Morgan fingerprint density at radius 2 is 1.67 bits per heavy atom. The maximum Gasteiger partial charge on any atom is 0.162 e. The highest BCUT2D eigenvalue weighted by Gasteiger charge is 2.20. The van der Waals surface area contributed by atoms with Crippen molar-refractivity contribution in [2.75, 3.05) is 13.2 Å². The first-order valence-corrected chi connectivity index (χ1v) is 8.18. The summed E-state index contributed by atoms with van der Waals surface area (Å²) in [6.07, 6.45) is -0.730. The normalized spacial score (nSPS) is 14.9. The van der Waals surface area contributed by atoms with E-state index in [0.29, 0.717) is 24.7 Å². The second-order valence-corrected chi connectivity index (χ2v) is 6.64. The average Bonchev–Trinajstić information content (AvgIpc) is 2.48. The topological polar surface area (TPSA) is 38.7 Å². The van der Waals surface area contributed by atoms with Crippen molar-refractivity contribution in [3.63, 3.8) is 0 Å². The first-order valence-electron chi connectivity index (χ1n) is 6.59. The van der Waals surface area contributed by atoms with E-state index in [9.17, 15) is 5.11 Å². The summed E-state index contributed by atoms with van der Waals surface area (Å²) in [6, 6.07) is 9.51. The predicted octanol–water partition coefficient (Wildman–Crippen LogP) is 4.37. The van der Waals surface area contributed by atoms with E-state index in [1.54, 1.807) is 0 Å². The molecule has 1 unspecified atom stereocenters. The van der Waals surface area contributed by atoms with Crippen molar-refractivity contribution in [2.45, 2.75) is 13.0 Å². The second-order valence-electron chi connectivity index (χ2n) is 4.93. The van der Waals surface area contributed by atoms with Crippen molar-refractivity contribution in [1.29, 1.82) is 0 Å². The monoisotopic (exact) mass is 412 g/mol. The molecule has 3 nitrogen and oxygen atoms in total. The average molecular weight is 414 g/mol. The molecule has 21 heavy (non-hydrogen) atoms. The molecule has 2 aromatic rings. The summed E-state index contributed by atoms with van der Waals surface area (Å²) in [7, 11) is 0. The molecule has 5 heteroatoms. The molecule has 3 rings (SSSR count). The maximum atomic E-state index is 10.6. The number of ether oxygens (including phenoxy) is 2. The van der Waals surface area contributed by atoms with Crippen molar-refractivity contribution in [3.05, 3.63) is 56.0 Å². The van der Waals surface area contributed by atoms with E-state index in [1.807, 2.05) is 37.3 Å². The number of halogens is 2. The Kier molecular flexibility index (Phi) is 4.24. The van der Waals surface area contributed by atoms with E-state index < -0.39 is 6.10 Å². The van der Waals surface area contributed by atoms with Gasteiger partial charge in [-0.1, -0.05) is 44.0 Å². The molecule has 1 heterocycles. The maximum absolute atomic E-state index is 10.6. The van der Waals surface area contributed by atoms with Crippen molar-refractivity contribution < 1.29 is 14.6 Å². The lowest BCUT2D eigenvalue weighted by Crippen LogP contribution is -2.16. The molecule has 0 saturated carbocycles. The van der Waals surface area contributed by atoms with Crippen LogP contribution in [0.25, 0.3) is 0 Å². The third-order valence-electron chi connectivity index (χ3n) is 3.47. The Morgan fingerprint density at radius 3 is 2.33 bits per heavy atom. The van der Waals surface area contributed by atoms with Gasteiger partial charge in [0.25, 0.3) is 0 Å². The number of aliphatic hydroxyl groups is 1. The van der Waals surface area contributed by atoms with E-state index in [0.717, 1.165) is 25.6 Å². The largest absolute Gasteiger partial charge is 0.486 e. The zero-order valence-corrected chi connectivity index (χ0v) is 14.6. The van der Waals surface area contributed by atoms with Crippen LogP contribution < -0.4 is 9.47 Å². The minimum Gasteiger partial charge on any atom is -0.486 e. The summed E-state index contributed by atoms with van der Waals surface area (Å²) in [5.74, 6) is 1.37. The van der Waals surface area contributed by atoms with Gasteiger partial charge in [-0.3, -0.25) is 0 Å². The molecule has 0 radical (unpaired) electrons. The van der Waals surface area contributed by atoms with E-state index in [-0.39, 0.29) is 0 Å². The number of hydrogen-bond donors (Lipinski definition) is 1. The Morgan fingerprint density at radius 1 is 1.00 bits per heavy atom. The van der Waals surface area contributed by atoms with Gasteiger partial charge >= 0.3 is 0 Å². The molecule has 0 spiro atoms. The molecule has 0 amide bonds. The molecule has 0 bridgehead atoms. The smallest absolute Gasteiger partial charge is 0.162 e. The molecular formula is C16H14Br2O3. The summed E-state index contributed by atoms with van der Waals surface area (Å²) >= 11 is 7.00. The lowest BCUT2D eigenvalue weighted by Gasteiger charge is -2.22. The second kappa shape index (κ2) is 5.99. The Hall–Kier alpha value is -1.04. The van der Waals surface area contributed by atoms with Crippen LogP contribution in [0.5, 0.6) is 11.5 Å². The first kappa shape index (κ1) is 14.9. The van der Waals surface area contributed by atoms with E-state index >= 15 is 0 Å². The number of benzene rings is 2. The molecule has 1 aliphatic rings. The minimum absolute atomic E-state index is 0.528. The van der Waals surface area contributed by atoms with E-state index in [1.165, 1.54) is 0 Å². The zero-order valence-electron chi connectivity index (χ0n) is 11.4. The summed E-state index contributed by atoms with van der Waals surface area (Å²) in [6.45, 7) is 3.09. The number of rotatable bonds is 2. The van der Waals surface area contributed by atoms with Crippen LogP contribution in [0, 0.1) is 6.92 Å². The fourth-order valence-electron chi connectivity index (χ4n) is 2.25. The van der Waals surface area contributed by atoms with Gasteiger partial charge in [-0.2, -0.15) is 0 Å². The standard InChI is InChI=1S/C16H14Br2O3/c1-9-2-3-10(6-12(9)17)16(19)11-7-14-15(8-13(11)18)21-5-4-20-14/h2-3,6-8,16,19H,4-5H2,1H3. The molecule has 1 atom stereocenters. The number of fused-ring (bicyclic) bond motifs is 1. The van der Waals surface area contributed by atoms with Crippen molar-refractivity contribution in [3.8, 4) is 11.5 Å². The number of aliphatic hydroxyl groups excluding tert-OH is 1. The zero-order chi connectivity index (χ0) is 15.0. The molecule has 0 aromatic heterocycles. The summed E-state index contributed by atoms with van der Waals surface area (Å²) in [5.41, 5.74) is 2.71. The summed E-state index contributed by atoms with van der Waals surface area (Å²) in [5, 5.41) is 10.6. The molecular weight excluding hydrogens is 400 g/mol. The van der Waals surface area contributed by atoms with Gasteiger partial charge in [-0.25, -0.2) is 0 Å². The number of aryl methyl sites for hydroxylation is 1. The quantitative estimate of drug-likeness (QED) is 0.794. The third-order valence-corrected chi connectivity index (χ3v) is 5.01. The lowest BCUT2D eigenvalue weighted by molar-refractivity contribution is 0.169. The van der Waals surface area contributed by atoms with Crippen molar-refractivity contribution >= 4 is 31.9 Å². The third kappa shape index (κ3) is 2.96. The fourth-order valence-corrected chi connectivity index (χ4v) is 3.18. The molecule has 0 fully saturated rings. The van der Waals surface area contributed by atoms with Gasteiger partial charge in [0, 0.05) is 14.5 Å². The van der Waals surface area contributed by atoms with Crippen LogP contribution in [0.1, 0.15) is 22.8 Å². The van der Waals surface area contributed by atoms with Crippen LogP contribution in [0.2, 0.25) is 0 Å². The van der Waals surface area contributed by atoms with Gasteiger partial charge in [0.15, 0.2) is 11.5 Å². The van der Waals surface area contributed by atoms with E-state index in [4.69, 9.17) is 9.47 Å². The Bertz CT molecular complexity index is 685. The first-order chi connectivity index (χ1) is 10.1. The molecule has 1 aliphatic heterocycles. The molecule has 0 saturated heterocycles. The molecule has 1 N–H and O–H groups in total. The van der Waals surface area contributed by atoms with Crippen LogP contribution in [-0.2, 0) is 0 Å². The lowest BCUT2D eigenvalue weighted by atomic mass is 10.00. The van der Waals surface area contributed by atoms with Gasteiger partial charge in [0.2, 0.25) is 0 Å². The van der Waals surface area contributed by atoms with Gasteiger partial charge < -0.3 is 14.6 Å². The SMILES string of the molecule is Cc1ccc(C(O)c2cc3c(cc2Br)OCCO3)cc1Br. The fraction of sp³-hybridized carbons (Fsp3) is 0.250. The van der Waals surface area contributed by atoms with Crippen LogP contribution in [0.4, 0.5) is 0 Å². The van der Waals surface area contributed by atoms with Gasteiger partial charge in [-0.05, 0) is 36.2 Å². The highest BCUT2D eigenvalue weighted by Crippen LogP contribution is 2.39. The van der Waals surface area contributed by atoms with Crippen molar-refractivity contribution in [1.82, 2.24) is 0 Å². The predicted molar refractivity (Wildman–Crippen MR) is 88.1 cm³/mol. The van der Waals surface area contributed by atoms with Crippen LogP contribution >= 0.6 is 31.9 Å². The van der Waals surface area contributed by atoms with Crippen LogP contribution in [-0.4, -0.2) is 18.3 Å². The highest BCUT2D eigenvalue weighted by molar-refractivity contribution is 9.10. The van der Waals surface area contributed by atoms with Crippen LogP contribution in [0.15, 0.2) is 39.3 Å². The Balaban J connectivity index is 2.00. The number of hydrogen-bond acceptors (Lipinski definition) is 3. The minimum atomic E-state index is -0.730. The van der Waals surface area contributed by atoms with E-state index in [2.05, 4.69) is 31.9 Å². The van der Waals surface area contributed by atoms with Gasteiger partial charge in [0.1, 0.15) is 19.3 Å². The molecule has 110 valence electrons.